The van der Waals surface area contributed by atoms with E-state index in [0.29, 0.717) is 6.54 Å². The first-order valence-corrected chi connectivity index (χ1v) is 5.29. The van der Waals surface area contributed by atoms with Gasteiger partial charge in [-0.15, -0.1) is 0 Å². The summed E-state index contributed by atoms with van der Waals surface area (Å²) in [6.07, 6.45) is 2.58. The molecule has 0 bridgehead atoms. The highest BCUT2D eigenvalue weighted by atomic mass is 16.5. The number of aryl methyl sites for hydroxylation is 1. The zero-order valence-corrected chi connectivity index (χ0v) is 9.77. The third kappa shape index (κ3) is 2.20. The Hall–Kier alpha value is -2.10. The van der Waals surface area contributed by atoms with Gasteiger partial charge in [-0.25, -0.2) is 0 Å². The highest BCUT2D eigenvalue weighted by Crippen LogP contribution is 2.20. The van der Waals surface area contributed by atoms with Crippen molar-refractivity contribution >= 4 is 11.8 Å². The van der Waals surface area contributed by atoms with Crippen LogP contribution in [0.2, 0.25) is 0 Å². The molecule has 0 aliphatic carbocycles. The second-order valence-corrected chi connectivity index (χ2v) is 3.90. The van der Waals surface area contributed by atoms with Crippen molar-refractivity contribution in [2.45, 2.75) is 13.5 Å². The molecule has 0 unspecified atom stereocenters. The molecule has 4 heteroatoms. The Balaban J connectivity index is 2.17. The van der Waals surface area contributed by atoms with Crippen molar-refractivity contribution < 1.29 is 14.3 Å². The van der Waals surface area contributed by atoms with Crippen molar-refractivity contribution in [3.63, 3.8) is 0 Å². The highest BCUT2D eigenvalue weighted by molar-refractivity contribution is 6.12. The number of amides is 2. The molecule has 1 heterocycles. The molecular formula is C13H13NO3. The number of benzene rings is 1. The summed E-state index contributed by atoms with van der Waals surface area (Å²) in [5.41, 5.74) is 1.89. The summed E-state index contributed by atoms with van der Waals surface area (Å²) in [5, 5.41) is 0. The Morgan fingerprint density at radius 3 is 2.35 bits per heavy atom. The molecule has 0 spiro atoms. The summed E-state index contributed by atoms with van der Waals surface area (Å²) in [6, 6.07) is 5.60. The Labute approximate surface area is 99.5 Å². The molecule has 1 aromatic rings. The van der Waals surface area contributed by atoms with Crippen LogP contribution in [-0.4, -0.2) is 23.8 Å². The fraction of sp³-hybridized carbons (Fsp3) is 0.231. The maximum absolute atomic E-state index is 11.4. The zero-order chi connectivity index (χ0) is 12.4. The van der Waals surface area contributed by atoms with Crippen LogP contribution in [-0.2, 0) is 16.1 Å². The van der Waals surface area contributed by atoms with E-state index in [-0.39, 0.29) is 11.8 Å². The lowest BCUT2D eigenvalue weighted by molar-refractivity contribution is -0.137. The molecule has 1 aliphatic rings. The molecule has 1 aromatic carbocycles. The van der Waals surface area contributed by atoms with Crippen molar-refractivity contribution in [3.05, 3.63) is 41.5 Å². The molecular weight excluding hydrogens is 218 g/mol. The second-order valence-electron chi connectivity index (χ2n) is 3.90. The fourth-order valence-electron chi connectivity index (χ4n) is 1.81. The van der Waals surface area contributed by atoms with Gasteiger partial charge in [0.1, 0.15) is 5.75 Å². The smallest absolute Gasteiger partial charge is 0.253 e. The van der Waals surface area contributed by atoms with E-state index in [2.05, 4.69) is 0 Å². The Morgan fingerprint density at radius 2 is 1.82 bits per heavy atom. The SMILES string of the molecule is COc1ccc(CN2C(=O)C=CC2=O)cc1C. The zero-order valence-electron chi connectivity index (χ0n) is 9.77. The average Bonchev–Trinajstić information content (AvgIpc) is 2.61. The molecule has 0 aromatic heterocycles. The summed E-state index contributed by atoms with van der Waals surface area (Å²) in [7, 11) is 1.61. The van der Waals surface area contributed by atoms with Crippen molar-refractivity contribution in [1.29, 1.82) is 0 Å². The first kappa shape index (κ1) is 11.4. The van der Waals surface area contributed by atoms with Gasteiger partial charge in [-0.05, 0) is 24.1 Å². The van der Waals surface area contributed by atoms with E-state index in [1.165, 1.54) is 17.1 Å². The number of nitrogens with zero attached hydrogens (tertiary/aromatic N) is 1. The third-order valence-corrected chi connectivity index (χ3v) is 2.70. The number of rotatable bonds is 3. The van der Waals surface area contributed by atoms with Gasteiger partial charge in [0.15, 0.2) is 0 Å². The first-order valence-electron chi connectivity index (χ1n) is 5.29. The molecule has 17 heavy (non-hydrogen) atoms. The third-order valence-electron chi connectivity index (χ3n) is 2.70. The van der Waals surface area contributed by atoms with E-state index >= 15 is 0 Å². The second kappa shape index (κ2) is 4.41. The van der Waals surface area contributed by atoms with Crippen LogP contribution in [0.25, 0.3) is 0 Å². The number of carbonyl (C=O) groups excluding carboxylic acids is 2. The van der Waals surface area contributed by atoms with Gasteiger partial charge >= 0.3 is 0 Å². The number of imide groups is 1. The lowest BCUT2D eigenvalue weighted by Crippen LogP contribution is -2.29. The summed E-state index contributed by atoms with van der Waals surface area (Å²) < 4.78 is 5.15. The number of hydrogen-bond donors (Lipinski definition) is 0. The van der Waals surface area contributed by atoms with E-state index in [1.807, 2.05) is 25.1 Å². The van der Waals surface area contributed by atoms with Gasteiger partial charge in [0.25, 0.3) is 11.8 Å². The van der Waals surface area contributed by atoms with Crippen molar-refractivity contribution in [3.8, 4) is 5.75 Å². The standard InChI is InChI=1S/C13H13NO3/c1-9-7-10(3-4-11(9)17-2)8-14-12(15)5-6-13(14)16/h3-7H,8H2,1-2H3. The van der Waals surface area contributed by atoms with E-state index in [0.717, 1.165) is 16.9 Å². The predicted molar refractivity (Wildman–Crippen MR) is 62.4 cm³/mol. The number of carbonyl (C=O) groups is 2. The molecule has 0 atom stereocenters. The maximum Gasteiger partial charge on any atom is 0.253 e. The molecule has 0 N–H and O–H groups in total. The van der Waals surface area contributed by atoms with Crippen molar-refractivity contribution in [2.75, 3.05) is 7.11 Å². The normalized spacial score (nSPS) is 14.6. The van der Waals surface area contributed by atoms with Crippen molar-refractivity contribution in [2.24, 2.45) is 0 Å². The molecule has 1 aliphatic heterocycles. The maximum atomic E-state index is 11.4. The Morgan fingerprint density at radius 1 is 1.18 bits per heavy atom. The molecule has 0 radical (unpaired) electrons. The van der Waals surface area contributed by atoms with Gasteiger partial charge in [0, 0.05) is 12.2 Å². The predicted octanol–water partition coefficient (Wildman–Crippen LogP) is 1.43. The average molecular weight is 231 g/mol. The quantitative estimate of drug-likeness (QED) is 0.739. The van der Waals surface area contributed by atoms with Crippen molar-refractivity contribution in [1.82, 2.24) is 4.90 Å². The van der Waals surface area contributed by atoms with Gasteiger partial charge in [-0.3, -0.25) is 14.5 Å². The van der Waals surface area contributed by atoms with E-state index in [9.17, 15) is 9.59 Å². The lowest BCUT2D eigenvalue weighted by Gasteiger charge is -2.14. The fourth-order valence-corrected chi connectivity index (χ4v) is 1.81. The molecule has 2 amide bonds. The summed E-state index contributed by atoms with van der Waals surface area (Å²) in [6.45, 7) is 2.23. The Kier molecular flexibility index (Phi) is 2.95. The lowest BCUT2D eigenvalue weighted by atomic mass is 10.1. The topological polar surface area (TPSA) is 46.6 Å². The monoisotopic (exact) mass is 231 g/mol. The van der Waals surface area contributed by atoms with Crippen LogP contribution >= 0.6 is 0 Å². The van der Waals surface area contributed by atoms with Crippen LogP contribution in [0.4, 0.5) is 0 Å². The van der Waals surface area contributed by atoms with E-state index in [4.69, 9.17) is 4.74 Å². The largest absolute Gasteiger partial charge is 0.496 e. The first-order chi connectivity index (χ1) is 8.11. The molecule has 0 saturated carbocycles. The molecule has 2 rings (SSSR count). The Bertz CT molecular complexity index is 487. The minimum atomic E-state index is -0.261. The van der Waals surface area contributed by atoms with Crippen LogP contribution in [0.3, 0.4) is 0 Å². The molecule has 88 valence electrons. The summed E-state index contributed by atoms with van der Waals surface area (Å²) in [5.74, 6) is 0.276. The minimum Gasteiger partial charge on any atom is -0.496 e. The van der Waals surface area contributed by atoms with Crippen LogP contribution in [0.5, 0.6) is 5.75 Å². The molecule has 0 fully saturated rings. The van der Waals surface area contributed by atoms with Gasteiger partial charge in [0.2, 0.25) is 0 Å². The number of hydrogen-bond acceptors (Lipinski definition) is 3. The van der Waals surface area contributed by atoms with E-state index in [1.54, 1.807) is 7.11 Å². The molecule has 4 nitrogen and oxygen atoms in total. The van der Waals surface area contributed by atoms with Crippen LogP contribution in [0.1, 0.15) is 11.1 Å². The molecule has 0 saturated heterocycles. The number of methoxy groups -OCH3 is 1. The minimum absolute atomic E-state index is 0.261. The summed E-state index contributed by atoms with van der Waals surface area (Å²) >= 11 is 0. The van der Waals surface area contributed by atoms with Gasteiger partial charge in [0.05, 0.1) is 13.7 Å². The number of ether oxygens (including phenoxy) is 1. The van der Waals surface area contributed by atoms with Crippen LogP contribution < -0.4 is 4.74 Å². The highest BCUT2D eigenvalue weighted by Gasteiger charge is 2.23. The van der Waals surface area contributed by atoms with Gasteiger partial charge in [-0.2, -0.15) is 0 Å². The summed E-state index contributed by atoms with van der Waals surface area (Å²) in [4.78, 5) is 24.0. The van der Waals surface area contributed by atoms with E-state index < -0.39 is 0 Å². The van der Waals surface area contributed by atoms with Gasteiger partial charge in [-0.1, -0.05) is 12.1 Å². The van der Waals surface area contributed by atoms with Gasteiger partial charge < -0.3 is 4.74 Å². The van der Waals surface area contributed by atoms with Crippen LogP contribution in [0, 0.1) is 6.92 Å². The van der Waals surface area contributed by atoms with Crippen LogP contribution in [0.15, 0.2) is 30.4 Å².